The van der Waals surface area contributed by atoms with Crippen LogP contribution in [-0.4, -0.2) is 13.0 Å². The molecule has 0 aromatic heterocycles. The van der Waals surface area contributed by atoms with Gasteiger partial charge in [-0.05, 0) is 23.3 Å². The standard InChI is InChI=1S/C16H17NO2S/c1-19-11-12-7-9-14(10-8-12)20-15(16(17)18)13-5-3-2-4-6-13/h2-10,15H,11H2,1H3,(H2,17,18)/t15-/m0/s1. The zero-order valence-corrected chi connectivity index (χ0v) is 12.1. The lowest BCUT2D eigenvalue weighted by molar-refractivity contribution is -0.117. The predicted octanol–water partition coefficient (Wildman–Crippen LogP) is 3.15. The van der Waals surface area contributed by atoms with E-state index in [0.29, 0.717) is 6.61 Å². The van der Waals surface area contributed by atoms with Crippen molar-refractivity contribution in [1.82, 2.24) is 0 Å². The van der Waals surface area contributed by atoms with Gasteiger partial charge in [0.05, 0.1) is 6.61 Å². The number of benzene rings is 2. The maximum Gasteiger partial charge on any atom is 0.235 e. The monoisotopic (exact) mass is 287 g/mol. The molecule has 0 aliphatic carbocycles. The van der Waals surface area contributed by atoms with Crippen LogP contribution in [0.15, 0.2) is 59.5 Å². The topological polar surface area (TPSA) is 52.3 Å². The van der Waals surface area contributed by atoms with Gasteiger partial charge in [-0.25, -0.2) is 0 Å². The van der Waals surface area contributed by atoms with Gasteiger partial charge in [-0.3, -0.25) is 4.79 Å². The minimum Gasteiger partial charge on any atom is -0.380 e. The number of thioether (sulfide) groups is 1. The Morgan fingerprint density at radius 1 is 1.15 bits per heavy atom. The van der Waals surface area contributed by atoms with Crippen LogP contribution < -0.4 is 5.73 Å². The molecule has 1 atom stereocenters. The maximum absolute atomic E-state index is 11.7. The van der Waals surface area contributed by atoms with E-state index in [0.717, 1.165) is 16.0 Å². The van der Waals surface area contributed by atoms with Gasteiger partial charge in [-0.1, -0.05) is 42.5 Å². The lowest BCUT2D eigenvalue weighted by atomic mass is 10.1. The van der Waals surface area contributed by atoms with Crippen molar-refractivity contribution in [2.24, 2.45) is 5.73 Å². The summed E-state index contributed by atoms with van der Waals surface area (Å²) in [6.07, 6.45) is 0. The Hall–Kier alpha value is -1.78. The summed E-state index contributed by atoms with van der Waals surface area (Å²) in [4.78, 5) is 12.7. The predicted molar refractivity (Wildman–Crippen MR) is 81.4 cm³/mol. The van der Waals surface area contributed by atoms with Gasteiger partial charge in [0.2, 0.25) is 5.91 Å². The lowest BCUT2D eigenvalue weighted by Crippen LogP contribution is -2.18. The summed E-state index contributed by atoms with van der Waals surface area (Å²) in [6, 6.07) is 17.5. The molecule has 20 heavy (non-hydrogen) atoms. The van der Waals surface area contributed by atoms with Crippen molar-refractivity contribution in [3.05, 3.63) is 65.7 Å². The fourth-order valence-corrected chi connectivity index (χ4v) is 2.86. The van der Waals surface area contributed by atoms with E-state index in [1.165, 1.54) is 11.8 Å². The molecule has 0 bridgehead atoms. The third-order valence-electron chi connectivity index (χ3n) is 2.85. The molecule has 0 aliphatic rings. The molecule has 0 unspecified atom stereocenters. The number of carbonyl (C=O) groups is 1. The SMILES string of the molecule is COCc1ccc(S[C@H](C(N)=O)c2ccccc2)cc1. The van der Waals surface area contributed by atoms with Crippen molar-refractivity contribution >= 4 is 17.7 Å². The molecule has 1 amide bonds. The second-order valence-corrected chi connectivity index (χ2v) is 5.57. The highest BCUT2D eigenvalue weighted by Crippen LogP contribution is 2.34. The molecular weight excluding hydrogens is 270 g/mol. The van der Waals surface area contributed by atoms with Crippen molar-refractivity contribution in [3.8, 4) is 0 Å². The van der Waals surface area contributed by atoms with Crippen LogP contribution in [0.4, 0.5) is 0 Å². The minimum atomic E-state index is -0.371. The summed E-state index contributed by atoms with van der Waals surface area (Å²) in [7, 11) is 1.67. The molecule has 2 rings (SSSR count). The van der Waals surface area contributed by atoms with Crippen LogP contribution >= 0.6 is 11.8 Å². The van der Waals surface area contributed by atoms with Gasteiger partial charge >= 0.3 is 0 Å². The van der Waals surface area contributed by atoms with Crippen LogP contribution in [0.25, 0.3) is 0 Å². The van der Waals surface area contributed by atoms with E-state index in [1.54, 1.807) is 7.11 Å². The summed E-state index contributed by atoms with van der Waals surface area (Å²) in [5.74, 6) is -0.331. The van der Waals surface area contributed by atoms with Crippen LogP contribution in [0.3, 0.4) is 0 Å². The molecule has 0 saturated heterocycles. The van der Waals surface area contributed by atoms with Crippen molar-refractivity contribution in [2.75, 3.05) is 7.11 Å². The van der Waals surface area contributed by atoms with Gasteiger partial charge in [0.25, 0.3) is 0 Å². The number of hydrogen-bond donors (Lipinski definition) is 1. The number of hydrogen-bond acceptors (Lipinski definition) is 3. The first-order valence-electron chi connectivity index (χ1n) is 6.29. The van der Waals surface area contributed by atoms with Gasteiger partial charge in [0, 0.05) is 12.0 Å². The average molecular weight is 287 g/mol. The summed E-state index contributed by atoms with van der Waals surface area (Å²) in [5.41, 5.74) is 7.54. The van der Waals surface area contributed by atoms with Gasteiger partial charge in [-0.15, -0.1) is 11.8 Å². The average Bonchev–Trinajstić information content (AvgIpc) is 2.47. The first-order chi connectivity index (χ1) is 9.70. The van der Waals surface area contributed by atoms with Crippen molar-refractivity contribution in [3.63, 3.8) is 0 Å². The zero-order valence-electron chi connectivity index (χ0n) is 11.3. The first kappa shape index (κ1) is 14.6. The van der Waals surface area contributed by atoms with E-state index in [2.05, 4.69) is 0 Å². The highest BCUT2D eigenvalue weighted by atomic mass is 32.2. The molecule has 0 fully saturated rings. The smallest absolute Gasteiger partial charge is 0.235 e. The van der Waals surface area contributed by atoms with Gasteiger partial charge in [0.1, 0.15) is 5.25 Å². The number of carbonyl (C=O) groups excluding carboxylic acids is 1. The van der Waals surface area contributed by atoms with Crippen LogP contribution in [-0.2, 0) is 16.1 Å². The van der Waals surface area contributed by atoms with Crippen molar-refractivity contribution in [2.45, 2.75) is 16.8 Å². The molecule has 0 radical (unpaired) electrons. The largest absolute Gasteiger partial charge is 0.380 e. The summed E-state index contributed by atoms with van der Waals surface area (Å²) in [5, 5.41) is -0.371. The molecular formula is C16H17NO2S. The molecule has 4 heteroatoms. The fourth-order valence-electron chi connectivity index (χ4n) is 1.89. The Bertz CT molecular complexity index is 554. The first-order valence-corrected chi connectivity index (χ1v) is 7.17. The van der Waals surface area contributed by atoms with E-state index < -0.39 is 0 Å². The second-order valence-electron chi connectivity index (χ2n) is 4.39. The number of amides is 1. The molecule has 104 valence electrons. The summed E-state index contributed by atoms with van der Waals surface area (Å²) >= 11 is 1.46. The lowest BCUT2D eigenvalue weighted by Gasteiger charge is -2.13. The number of rotatable bonds is 6. The highest BCUT2D eigenvalue weighted by Gasteiger charge is 2.18. The molecule has 2 aromatic rings. The van der Waals surface area contributed by atoms with Gasteiger partial charge < -0.3 is 10.5 Å². The molecule has 0 aliphatic heterocycles. The Labute approximate surface area is 123 Å². The van der Waals surface area contributed by atoms with Crippen LogP contribution in [0.2, 0.25) is 0 Å². The minimum absolute atomic E-state index is 0.331. The second kappa shape index (κ2) is 7.12. The Balaban J connectivity index is 2.14. The molecule has 2 aromatic carbocycles. The Morgan fingerprint density at radius 3 is 2.35 bits per heavy atom. The highest BCUT2D eigenvalue weighted by molar-refractivity contribution is 8.00. The third kappa shape index (κ3) is 3.85. The quantitative estimate of drug-likeness (QED) is 0.830. The van der Waals surface area contributed by atoms with Crippen molar-refractivity contribution in [1.29, 1.82) is 0 Å². The Morgan fingerprint density at radius 2 is 1.80 bits per heavy atom. The van der Waals surface area contributed by atoms with E-state index in [9.17, 15) is 4.79 Å². The molecule has 0 saturated carbocycles. The van der Waals surface area contributed by atoms with Crippen LogP contribution in [0, 0.1) is 0 Å². The molecule has 3 nitrogen and oxygen atoms in total. The number of primary amides is 1. The van der Waals surface area contributed by atoms with Crippen LogP contribution in [0.5, 0.6) is 0 Å². The van der Waals surface area contributed by atoms with E-state index >= 15 is 0 Å². The number of ether oxygens (including phenoxy) is 1. The number of methoxy groups -OCH3 is 1. The summed E-state index contributed by atoms with van der Waals surface area (Å²) in [6.45, 7) is 0.586. The van der Waals surface area contributed by atoms with E-state index in [-0.39, 0.29) is 11.2 Å². The Kier molecular flexibility index (Phi) is 5.21. The molecule has 0 heterocycles. The van der Waals surface area contributed by atoms with Gasteiger partial charge in [-0.2, -0.15) is 0 Å². The normalized spacial score (nSPS) is 12.1. The zero-order chi connectivity index (χ0) is 14.4. The maximum atomic E-state index is 11.7. The van der Waals surface area contributed by atoms with Gasteiger partial charge in [0.15, 0.2) is 0 Å². The number of nitrogens with two attached hydrogens (primary N) is 1. The third-order valence-corrected chi connectivity index (χ3v) is 4.13. The summed E-state index contributed by atoms with van der Waals surface area (Å²) < 4.78 is 5.08. The van der Waals surface area contributed by atoms with Crippen molar-refractivity contribution < 1.29 is 9.53 Å². The molecule has 2 N–H and O–H groups in total. The van der Waals surface area contributed by atoms with E-state index in [4.69, 9.17) is 10.5 Å². The fraction of sp³-hybridized carbons (Fsp3) is 0.188. The molecule has 0 spiro atoms. The van der Waals surface area contributed by atoms with Crippen LogP contribution in [0.1, 0.15) is 16.4 Å². The van der Waals surface area contributed by atoms with E-state index in [1.807, 2.05) is 54.6 Å².